The second-order valence-corrected chi connectivity index (χ2v) is 4.79. The summed E-state index contributed by atoms with van der Waals surface area (Å²) in [6.45, 7) is 0.458. The van der Waals surface area contributed by atoms with E-state index in [1.165, 1.54) is 0 Å². The van der Waals surface area contributed by atoms with Crippen LogP contribution in [0.2, 0.25) is 5.02 Å². The maximum Gasteiger partial charge on any atom is 0.0895 e. The molecule has 0 aliphatic rings. The van der Waals surface area contributed by atoms with Crippen molar-refractivity contribution in [2.45, 2.75) is 6.54 Å². The van der Waals surface area contributed by atoms with E-state index in [0.717, 1.165) is 27.7 Å². The zero-order chi connectivity index (χ0) is 13.2. The zero-order valence-corrected chi connectivity index (χ0v) is 11.1. The number of aromatic nitrogens is 1. The van der Waals surface area contributed by atoms with E-state index in [1.807, 2.05) is 48.5 Å². The molecule has 2 nitrogen and oxygen atoms in total. The van der Waals surface area contributed by atoms with Gasteiger partial charge in [-0.1, -0.05) is 54.1 Å². The second kappa shape index (κ2) is 5.00. The molecule has 19 heavy (non-hydrogen) atoms. The summed E-state index contributed by atoms with van der Waals surface area (Å²) in [4.78, 5) is 4.70. The van der Waals surface area contributed by atoms with Gasteiger partial charge >= 0.3 is 0 Å². The number of rotatable bonds is 2. The van der Waals surface area contributed by atoms with Crippen LogP contribution in [0.5, 0.6) is 0 Å². The summed E-state index contributed by atoms with van der Waals surface area (Å²) in [5, 5.41) is 1.69. The van der Waals surface area contributed by atoms with Gasteiger partial charge in [0.2, 0.25) is 0 Å². The van der Waals surface area contributed by atoms with Crippen LogP contribution >= 0.6 is 11.6 Å². The molecule has 0 atom stereocenters. The highest BCUT2D eigenvalue weighted by atomic mass is 35.5. The Morgan fingerprint density at radius 2 is 1.79 bits per heavy atom. The molecule has 0 aliphatic carbocycles. The molecule has 94 valence electrons. The Hall–Kier alpha value is -1.90. The third-order valence-corrected chi connectivity index (χ3v) is 3.45. The van der Waals surface area contributed by atoms with Gasteiger partial charge in [-0.05, 0) is 17.7 Å². The van der Waals surface area contributed by atoms with Crippen molar-refractivity contribution in [3.63, 3.8) is 0 Å². The first-order valence-electron chi connectivity index (χ1n) is 6.13. The fourth-order valence-electron chi connectivity index (χ4n) is 2.21. The predicted octanol–water partition coefficient (Wildman–Crippen LogP) is 4.01. The number of para-hydroxylation sites is 1. The molecule has 3 aromatic rings. The van der Waals surface area contributed by atoms with Gasteiger partial charge in [0.25, 0.3) is 0 Å². The van der Waals surface area contributed by atoms with Crippen LogP contribution in [-0.2, 0) is 6.54 Å². The number of benzene rings is 2. The number of pyridine rings is 1. The molecule has 1 aromatic heterocycles. The van der Waals surface area contributed by atoms with Crippen LogP contribution in [0, 0.1) is 0 Å². The molecule has 2 N–H and O–H groups in total. The number of fused-ring (bicyclic) bond motifs is 1. The van der Waals surface area contributed by atoms with Crippen LogP contribution in [0.15, 0.2) is 54.6 Å². The fourth-order valence-corrected chi connectivity index (χ4v) is 2.43. The number of hydrogen-bond acceptors (Lipinski definition) is 2. The summed E-state index contributed by atoms with van der Waals surface area (Å²) in [6.07, 6.45) is 0. The van der Waals surface area contributed by atoms with E-state index in [2.05, 4.69) is 6.07 Å². The number of hydrogen-bond donors (Lipinski definition) is 1. The van der Waals surface area contributed by atoms with Gasteiger partial charge < -0.3 is 5.73 Å². The van der Waals surface area contributed by atoms with Crippen molar-refractivity contribution in [3.05, 3.63) is 65.2 Å². The summed E-state index contributed by atoms with van der Waals surface area (Å²) in [7, 11) is 0. The number of halogens is 1. The lowest BCUT2D eigenvalue weighted by Gasteiger charge is -2.10. The van der Waals surface area contributed by atoms with Crippen LogP contribution in [0.3, 0.4) is 0 Å². The molecule has 2 aromatic carbocycles. The summed E-state index contributed by atoms with van der Waals surface area (Å²) in [6, 6.07) is 17.9. The molecule has 0 bridgehead atoms. The largest absolute Gasteiger partial charge is 0.326 e. The molecule has 0 radical (unpaired) electrons. The molecule has 1 heterocycles. The molecule has 0 spiro atoms. The number of nitrogens with two attached hydrogens (primary N) is 1. The van der Waals surface area contributed by atoms with Crippen LogP contribution in [0.1, 0.15) is 5.56 Å². The molecule has 0 saturated carbocycles. The standard InChI is InChI=1S/C16H13ClN2/c17-14-8-4-7-12-9-13(10-18)15(19-16(12)14)11-5-2-1-3-6-11/h1-9H,10,18H2. The van der Waals surface area contributed by atoms with Gasteiger partial charge in [-0.2, -0.15) is 0 Å². The van der Waals surface area contributed by atoms with E-state index < -0.39 is 0 Å². The van der Waals surface area contributed by atoms with Crippen molar-refractivity contribution >= 4 is 22.5 Å². The van der Waals surface area contributed by atoms with Gasteiger partial charge in [0, 0.05) is 17.5 Å². The van der Waals surface area contributed by atoms with Gasteiger partial charge in [-0.15, -0.1) is 0 Å². The molecule has 0 unspecified atom stereocenters. The van der Waals surface area contributed by atoms with Crippen molar-refractivity contribution in [2.24, 2.45) is 5.73 Å². The van der Waals surface area contributed by atoms with E-state index in [9.17, 15) is 0 Å². The summed E-state index contributed by atoms with van der Waals surface area (Å²) >= 11 is 6.22. The van der Waals surface area contributed by atoms with Crippen LogP contribution in [0.4, 0.5) is 0 Å². The van der Waals surface area contributed by atoms with Crippen LogP contribution < -0.4 is 5.73 Å². The van der Waals surface area contributed by atoms with Gasteiger partial charge in [0.1, 0.15) is 0 Å². The van der Waals surface area contributed by atoms with Crippen molar-refractivity contribution in [1.29, 1.82) is 0 Å². The highest BCUT2D eigenvalue weighted by Gasteiger charge is 2.09. The van der Waals surface area contributed by atoms with E-state index in [4.69, 9.17) is 22.3 Å². The lowest BCUT2D eigenvalue weighted by atomic mass is 10.0. The third-order valence-electron chi connectivity index (χ3n) is 3.14. The van der Waals surface area contributed by atoms with Gasteiger partial charge in [0.05, 0.1) is 16.2 Å². The minimum absolute atomic E-state index is 0.458. The molecule has 0 fully saturated rings. The van der Waals surface area contributed by atoms with Crippen LogP contribution in [0.25, 0.3) is 22.2 Å². The molecular formula is C16H13ClN2. The van der Waals surface area contributed by atoms with Crippen molar-refractivity contribution < 1.29 is 0 Å². The maximum absolute atomic E-state index is 6.22. The molecule has 0 saturated heterocycles. The third kappa shape index (κ3) is 2.21. The first kappa shape index (κ1) is 12.2. The van der Waals surface area contributed by atoms with Crippen LogP contribution in [-0.4, -0.2) is 4.98 Å². The SMILES string of the molecule is NCc1cc2cccc(Cl)c2nc1-c1ccccc1. The Balaban J connectivity index is 2.32. The summed E-state index contributed by atoms with van der Waals surface area (Å²) < 4.78 is 0. The average molecular weight is 269 g/mol. The lowest BCUT2D eigenvalue weighted by Crippen LogP contribution is -2.01. The smallest absolute Gasteiger partial charge is 0.0895 e. The van der Waals surface area contributed by atoms with Gasteiger partial charge in [0.15, 0.2) is 0 Å². The van der Waals surface area contributed by atoms with Gasteiger partial charge in [-0.3, -0.25) is 0 Å². The summed E-state index contributed by atoms with van der Waals surface area (Å²) in [5.41, 5.74) is 9.66. The minimum atomic E-state index is 0.458. The minimum Gasteiger partial charge on any atom is -0.326 e. The highest BCUT2D eigenvalue weighted by molar-refractivity contribution is 6.35. The molecule has 0 amide bonds. The van der Waals surface area contributed by atoms with Crippen molar-refractivity contribution in [3.8, 4) is 11.3 Å². The topological polar surface area (TPSA) is 38.9 Å². The molecule has 3 rings (SSSR count). The predicted molar refractivity (Wildman–Crippen MR) is 80.1 cm³/mol. The first-order valence-corrected chi connectivity index (χ1v) is 6.51. The Labute approximate surface area is 116 Å². The van der Waals surface area contributed by atoms with E-state index in [-0.39, 0.29) is 0 Å². The van der Waals surface area contributed by atoms with Crippen molar-refractivity contribution in [2.75, 3.05) is 0 Å². The zero-order valence-electron chi connectivity index (χ0n) is 10.3. The van der Waals surface area contributed by atoms with Crippen molar-refractivity contribution in [1.82, 2.24) is 4.98 Å². The van der Waals surface area contributed by atoms with Gasteiger partial charge in [-0.25, -0.2) is 4.98 Å². The lowest BCUT2D eigenvalue weighted by molar-refractivity contribution is 1.06. The maximum atomic E-state index is 6.22. The molecule has 0 aliphatic heterocycles. The van der Waals surface area contributed by atoms with E-state index in [0.29, 0.717) is 11.6 Å². The van der Waals surface area contributed by atoms with E-state index in [1.54, 1.807) is 0 Å². The van der Waals surface area contributed by atoms with E-state index >= 15 is 0 Å². The Bertz CT molecular complexity index is 723. The molecule has 3 heteroatoms. The Morgan fingerprint density at radius 3 is 2.53 bits per heavy atom. The Kier molecular flexibility index (Phi) is 3.20. The summed E-state index contributed by atoms with van der Waals surface area (Å²) in [5.74, 6) is 0. The second-order valence-electron chi connectivity index (χ2n) is 4.38. The first-order chi connectivity index (χ1) is 9.29. The average Bonchev–Trinajstić information content (AvgIpc) is 2.47. The normalized spacial score (nSPS) is 10.8. The monoisotopic (exact) mass is 268 g/mol. The Morgan fingerprint density at radius 1 is 1.00 bits per heavy atom. The quantitative estimate of drug-likeness (QED) is 0.763. The fraction of sp³-hybridized carbons (Fsp3) is 0.0625. The molecular weight excluding hydrogens is 256 g/mol. The number of nitrogens with zero attached hydrogens (tertiary/aromatic N) is 1. The highest BCUT2D eigenvalue weighted by Crippen LogP contribution is 2.28.